The average molecular weight is 128 g/mol. The van der Waals surface area contributed by atoms with Crippen molar-refractivity contribution in [1.29, 1.82) is 0 Å². The lowest BCUT2D eigenvalue weighted by Crippen LogP contribution is -3.17. The number of hydrogen-bond donors (Lipinski definition) is 2. The smallest absolute Gasteiger partial charge is 0.0735 e. The van der Waals surface area contributed by atoms with Gasteiger partial charge in [0.2, 0.25) is 0 Å². The van der Waals surface area contributed by atoms with Gasteiger partial charge in [-0.05, 0) is 13.8 Å². The van der Waals surface area contributed by atoms with E-state index in [0.717, 1.165) is 13.1 Å². The van der Waals surface area contributed by atoms with Crippen LogP contribution in [0.2, 0.25) is 0 Å². The predicted octanol–water partition coefficient (Wildman–Crippen LogP) is -0.957. The minimum absolute atomic E-state index is 0.675. The maximum Gasteiger partial charge on any atom is 0.0735 e. The maximum absolute atomic E-state index is 4.04. The fourth-order valence-corrected chi connectivity index (χ4v) is 1.26. The van der Waals surface area contributed by atoms with E-state index in [-0.39, 0.29) is 0 Å². The molecule has 2 N–H and O–H groups in total. The van der Waals surface area contributed by atoms with E-state index in [2.05, 4.69) is 26.2 Å². The monoisotopic (exact) mass is 128 g/mol. The lowest BCUT2D eigenvalue weighted by Gasteiger charge is -2.38. The fourth-order valence-electron chi connectivity index (χ4n) is 1.26. The molecule has 1 saturated heterocycles. The summed E-state index contributed by atoms with van der Waals surface area (Å²) in [4.78, 5) is 1.41. The molecule has 2 heteroatoms. The first kappa shape index (κ1) is 7.03. The molecule has 0 aromatic heterocycles. The molecule has 54 valence electrons. The molecule has 1 aliphatic rings. The first-order valence-electron chi connectivity index (χ1n) is 3.61. The molecule has 0 amide bonds. The molecule has 0 aromatic carbocycles. The summed E-state index contributed by atoms with van der Waals surface area (Å²) in [6.07, 6.45) is 0. The predicted molar refractivity (Wildman–Crippen MR) is 38.1 cm³/mol. The SMILES string of the molecule is [CH2-][NH+]1C(C)CNCC1C. The minimum atomic E-state index is 0.675. The van der Waals surface area contributed by atoms with E-state index in [4.69, 9.17) is 0 Å². The van der Waals surface area contributed by atoms with E-state index in [1.807, 2.05) is 0 Å². The van der Waals surface area contributed by atoms with Crippen LogP contribution in [0.15, 0.2) is 0 Å². The van der Waals surface area contributed by atoms with Gasteiger partial charge in [0.15, 0.2) is 0 Å². The van der Waals surface area contributed by atoms with E-state index in [0.29, 0.717) is 12.1 Å². The van der Waals surface area contributed by atoms with Gasteiger partial charge in [-0.3, -0.25) is 0 Å². The van der Waals surface area contributed by atoms with Gasteiger partial charge in [0.05, 0.1) is 12.1 Å². The number of hydrogen-bond acceptors (Lipinski definition) is 1. The van der Waals surface area contributed by atoms with Crippen LogP contribution in [0.4, 0.5) is 0 Å². The van der Waals surface area contributed by atoms with Crippen LogP contribution in [0.1, 0.15) is 13.8 Å². The van der Waals surface area contributed by atoms with Crippen molar-refractivity contribution < 1.29 is 4.90 Å². The normalized spacial score (nSPS) is 45.0. The molecule has 0 saturated carbocycles. The quantitative estimate of drug-likeness (QED) is 0.402. The van der Waals surface area contributed by atoms with Gasteiger partial charge in [-0.2, -0.15) is 7.05 Å². The molecule has 0 aromatic rings. The zero-order valence-corrected chi connectivity index (χ0v) is 6.28. The van der Waals surface area contributed by atoms with Crippen molar-refractivity contribution in [3.05, 3.63) is 7.05 Å². The second-order valence-corrected chi connectivity index (χ2v) is 3.04. The molecule has 2 unspecified atom stereocenters. The summed E-state index contributed by atoms with van der Waals surface area (Å²) < 4.78 is 0. The van der Waals surface area contributed by atoms with Gasteiger partial charge < -0.3 is 10.2 Å². The molecule has 2 atom stereocenters. The standard InChI is InChI=1S/C7H16N2/c1-6-4-8-5-7(2)9(6)3/h6-9H,3-5H2,1-2H3. The Labute approximate surface area is 57.2 Å². The number of quaternary nitrogens is 1. The van der Waals surface area contributed by atoms with Crippen molar-refractivity contribution in [2.45, 2.75) is 25.9 Å². The van der Waals surface area contributed by atoms with E-state index in [1.165, 1.54) is 4.90 Å². The van der Waals surface area contributed by atoms with Gasteiger partial charge in [-0.15, -0.1) is 0 Å². The summed E-state index contributed by atoms with van der Waals surface area (Å²) in [5.74, 6) is 0. The van der Waals surface area contributed by atoms with Crippen LogP contribution in [-0.4, -0.2) is 25.2 Å². The summed E-state index contributed by atoms with van der Waals surface area (Å²) >= 11 is 0. The topological polar surface area (TPSA) is 16.5 Å². The average Bonchev–Trinajstić information content (AvgIpc) is 1.83. The van der Waals surface area contributed by atoms with E-state index >= 15 is 0 Å². The number of nitrogens with one attached hydrogen (secondary N) is 2. The molecule has 2 nitrogen and oxygen atoms in total. The van der Waals surface area contributed by atoms with Crippen LogP contribution < -0.4 is 10.2 Å². The summed E-state index contributed by atoms with van der Waals surface area (Å²) in [6, 6.07) is 1.35. The zero-order chi connectivity index (χ0) is 6.85. The molecule has 9 heavy (non-hydrogen) atoms. The van der Waals surface area contributed by atoms with Crippen molar-refractivity contribution in [2.75, 3.05) is 13.1 Å². The number of piperazine rings is 1. The summed E-state index contributed by atoms with van der Waals surface area (Å²) in [6.45, 7) is 6.68. The minimum Gasteiger partial charge on any atom is -0.461 e. The van der Waals surface area contributed by atoms with Crippen molar-refractivity contribution in [2.24, 2.45) is 0 Å². The van der Waals surface area contributed by atoms with Crippen molar-refractivity contribution in [1.82, 2.24) is 5.32 Å². The van der Waals surface area contributed by atoms with E-state index < -0.39 is 0 Å². The molecular weight excluding hydrogens is 112 g/mol. The van der Waals surface area contributed by atoms with Gasteiger partial charge >= 0.3 is 0 Å². The summed E-state index contributed by atoms with van der Waals surface area (Å²) in [5, 5.41) is 3.35. The van der Waals surface area contributed by atoms with Crippen LogP contribution in [0, 0.1) is 7.05 Å². The Bertz CT molecular complexity index is 82.9. The van der Waals surface area contributed by atoms with Gasteiger partial charge in [0.1, 0.15) is 0 Å². The third kappa shape index (κ3) is 1.43. The second-order valence-electron chi connectivity index (χ2n) is 3.04. The van der Waals surface area contributed by atoms with Crippen molar-refractivity contribution in [3.63, 3.8) is 0 Å². The highest BCUT2D eigenvalue weighted by Gasteiger charge is 2.19. The van der Waals surface area contributed by atoms with E-state index in [9.17, 15) is 0 Å². The Balaban J connectivity index is 2.41. The molecule has 0 spiro atoms. The fraction of sp³-hybridized carbons (Fsp3) is 0.857. The highest BCUT2D eigenvalue weighted by atomic mass is 15.2. The van der Waals surface area contributed by atoms with Crippen molar-refractivity contribution in [3.8, 4) is 0 Å². The molecule has 1 heterocycles. The number of rotatable bonds is 0. The molecule has 1 rings (SSSR count). The van der Waals surface area contributed by atoms with Crippen LogP contribution in [0.5, 0.6) is 0 Å². The van der Waals surface area contributed by atoms with Crippen LogP contribution in [-0.2, 0) is 0 Å². The molecule has 0 aliphatic carbocycles. The Morgan fingerprint density at radius 2 is 1.78 bits per heavy atom. The molecule has 1 fully saturated rings. The Kier molecular flexibility index (Phi) is 2.09. The van der Waals surface area contributed by atoms with Crippen LogP contribution >= 0.6 is 0 Å². The third-order valence-electron chi connectivity index (χ3n) is 2.17. The van der Waals surface area contributed by atoms with Gasteiger partial charge in [-0.25, -0.2) is 0 Å². The third-order valence-corrected chi connectivity index (χ3v) is 2.17. The first-order valence-corrected chi connectivity index (χ1v) is 3.61. The van der Waals surface area contributed by atoms with Gasteiger partial charge in [-0.1, -0.05) is 0 Å². The summed E-state index contributed by atoms with van der Waals surface area (Å²) in [7, 11) is 4.04. The Morgan fingerprint density at radius 1 is 1.33 bits per heavy atom. The molecule has 1 aliphatic heterocycles. The Hall–Kier alpha value is -0.0800. The van der Waals surface area contributed by atoms with E-state index in [1.54, 1.807) is 0 Å². The second kappa shape index (κ2) is 2.67. The summed E-state index contributed by atoms with van der Waals surface area (Å²) in [5.41, 5.74) is 0. The van der Waals surface area contributed by atoms with Crippen LogP contribution in [0.25, 0.3) is 0 Å². The van der Waals surface area contributed by atoms with Gasteiger partial charge in [0.25, 0.3) is 0 Å². The maximum atomic E-state index is 4.04. The van der Waals surface area contributed by atoms with Crippen molar-refractivity contribution >= 4 is 0 Å². The largest absolute Gasteiger partial charge is 0.461 e. The lowest BCUT2D eigenvalue weighted by atomic mass is 10.1. The lowest BCUT2D eigenvalue weighted by molar-refractivity contribution is -0.905. The molecule has 0 radical (unpaired) electrons. The highest BCUT2D eigenvalue weighted by Crippen LogP contribution is 1.83. The Morgan fingerprint density at radius 3 is 2.11 bits per heavy atom. The molecular formula is C7H16N2. The van der Waals surface area contributed by atoms with Gasteiger partial charge in [0, 0.05) is 13.1 Å². The first-order chi connectivity index (χ1) is 4.22. The zero-order valence-electron chi connectivity index (χ0n) is 6.28. The van der Waals surface area contributed by atoms with Crippen LogP contribution in [0.3, 0.4) is 0 Å². The molecule has 0 bridgehead atoms. The highest BCUT2D eigenvalue weighted by molar-refractivity contribution is 4.64.